The van der Waals surface area contributed by atoms with Crippen molar-refractivity contribution >= 4 is 86.2 Å². The number of hydrogen-bond donors (Lipinski definition) is 0. The van der Waals surface area contributed by atoms with E-state index < -0.39 is 0 Å². The minimum Gasteiger partial charge on any atom is -0.0587 e. The van der Waals surface area contributed by atoms with Crippen molar-refractivity contribution in [1.82, 2.24) is 0 Å². The van der Waals surface area contributed by atoms with Gasteiger partial charge in [0.2, 0.25) is 0 Å². The maximum absolute atomic E-state index is 2.54. The van der Waals surface area contributed by atoms with Crippen LogP contribution in [0.3, 0.4) is 0 Å². The Morgan fingerprint density at radius 2 is 0.550 bits per heavy atom. The van der Waals surface area contributed by atoms with Gasteiger partial charge < -0.3 is 0 Å². The van der Waals surface area contributed by atoms with E-state index in [4.69, 9.17) is 0 Å². The summed E-state index contributed by atoms with van der Waals surface area (Å²) in [5, 5.41) is 21.6. The number of hydrogen-bond acceptors (Lipinski definition) is 0. The van der Waals surface area contributed by atoms with Gasteiger partial charge >= 0.3 is 0 Å². The van der Waals surface area contributed by atoms with Crippen molar-refractivity contribution in [3.05, 3.63) is 156 Å². The highest BCUT2D eigenvalue weighted by molar-refractivity contribution is 6.40. The smallest absolute Gasteiger partial charge is 0.00195 e. The van der Waals surface area contributed by atoms with Gasteiger partial charge in [0.05, 0.1) is 0 Å². The summed E-state index contributed by atoms with van der Waals surface area (Å²) in [6.07, 6.45) is 0. The van der Waals surface area contributed by atoms with Crippen LogP contribution in [-0.2, 0) is 10.8 Å². The summed E-state index contributed by atoms with van der Waals surface area (Å²) in [7, 11) is 0. The Labute approximate surface area is 354 Å². The summed E-state index contributed by atoms with van der Waals surface area (Å²) in [5.74, 6) is 0.912. The van der Waals surface area contributed by atoms with Gasteiger partial charge in [0.25, 0.3) is 0 Å². The zero-order chi connectivity index (χ0) is 41.6. The monoisotopic (exact) mass is 774 g/mol. The lowest BCUT2D eigenvalue weighted by Gasteiger charge is -2.19. The van der Waals surface area contributed by atoms with Crippen LogP contribution < -0.4 is 0 Å². The molecule has 0 nitrogen and oxygen atoms in total. The van der Waals surface area contributed by atoms with E-state index in [1.54, 1.807) is 0 Å². The molecule has 0 heterocycles. The highest BCUT2D eigenvalue weighted by Gasteiger charge is 2.23. The normalized spacial score (nSPS) is 13.1. The Morgan fingerprint density at radius 3 is 0.867 bits per heavy atom. The molecule has 0 unspecified atom stereocenters. The Kier molecular flexibility index (Phi) is 7.88. The minimum absolute atomic E-state index is 0.106. The van der Waals surface area contributed by atoms with Crippen LogP contribution in [-0.4, -0.2) is 0 Å². The summed E-state index contributed by atoms with van der Waals surface area (Å²) in [4.78, 5) is 0. The largest absolute Gasteiger partial charge is 0.0587 e. The van der Waals surface area contributed by atoms with Gasteiger partial charge in [0.1, 0.15) is 0 Å². The molecule has 0 fully saturated rings. The third kappa shape index (κ3) is 5.49. The maximum atomic E-state index is 2.54. The molecule has 0 aromatic heterocycles. The molecule has 0 N–H and O–H groups in total. The van der Waals surface area contributed by atoms with Crippen LogP contribution in [0.2, 0.25) is 0 Å². The lowest BCUT2D eigenvalue weighted by Crippen LogP contribution is -2.10. The van der Waals surface area contributed by atoms with Crippen LogP contribution in [0, 0.1) is 0 Å². The van der Waals surface area contributed by atoms with Gasteiger partial charge in [0.15, 0.2) is 0 Å². The van der Waals surface area contributed by atoms with Crippen LogP contribution in [0.1, 0.15) is 103 Å². The summed E-state index contributed by atoms with van der Waals surface area (Å²) >= 11 is 0. The van der Waals surface area contributed by atoms with Gasteiger partial charge in [-0.05, 0) is 190 Å². The average molecular weight is 775 g/mol. The van der Waals surface area contributed by atoms with Crippen molar-refractivity contribution < 1.29 is 0 Å². The van der Waals surface area contributed by atoms with Crippen LogP contribution in [0.5, 0.6) is 0 Å². The van der Waals surface area contributed by atoms with E-state index in [1.165, 1.54) is 131 Å². The molecule has 0 spiro atoms. The summed E-state index contributed by atoms with van der Waals surface area (Å²) in [6.45, 7) is 23.0. The van der Waals surface area contributed by atoms with Crippen LogP contribution >= 0.6 is 0 Å². The molecule has 0 bridgehead atoms. The summed E-state index contributed by atoms with van der Waals surface area (Å²) in [5.41, 5.74) is 10.8. The van der Waals surface area contributed by atoms with Crippen LogP contribution in [0.25, 0.3) is 108 Å². The topological polar surface area (TPSA) is 0 Å². The highest BCUT2D eigenvalue weighted by atomic mass is 14.3. The van der Waals surface area contributed by atoms with Crippen molar-refractivity contribution in [1.29, 1.82) is 0 Å². The highest BCUT2D eigenvalue weighted by Crippen LogP contribution is 2.49. The Morgan fingerprint density at radius 1 is 0.267 bits per heavy atom. The van der Waals surface area contributed by atoms with E-state index in [0.29, 0.717) is 11.8 Å². The molecule has 11 rings (SSSR count). The maximum Gasteiger partial charge on any atom is -0.00195 e. The zero-order valence-electron chi connectivity index (χ0n) is 36.9. The second-order valence-corrected chi connectivity index (χ2v) is 20.6. The summed E-state index contributed by atoms with van der Waals surface area (Å²) in [6, 6.07) is 52.9. The van der Waals surface area contributed by atoms with E-state index in [2.05, 4.69) is 203 Å². The second kappa shape index (κ2) is 12.8. The predicted molar refractivity (Wildman–Crippen MR) is 265 cm³/mol. The van der Waals surface area contributed by atoms with Crippen LogP contribution in [0.15, 0.2) is 133 Å². The number of benzene rings is 9. The van der Waals surface area contributed by atoms with Gasteiger partial charge in [0, 0.05) is 0 Å². The first kappa shape index (κ1) is 37.1. The first-order valence-corrected chi connectivity index (χ1v) is 22.1. The average Bonchev–Trinajstić information content (AvgIpc) is 3.72. The van der Waals surface area contributed by atoms with Crippen molar-refractivity contribution in [2.75, 3.05) is 0 Å². The molecule has 0 saturated carbocycles. The van der Waals surface area contributed by atoms with E-state index in [-0.39, 0.29) is 10.8 Å². The zero-order valence-corrected chi connectivity index (χ0v) is 36.9. The Bertz CT molecular complexity index is 3270. The van der Waals surface area contributed by atoms with Crippen LogP contribution in [0.4, 0.5) is 0 Å². The Balaban J connectivity index is 1.26. The lowest BCUT2D eigenvalue weighted by atomic mass is 9.85. The fourth-order valence-electron chi connectivity index (χ4n) is 10.4. The molecule has 0 aliphatic heterocycles. The SMILES string of the molecule is CC(C)c1ccc2c(c1)c1cc(-c3ccc(C(C)(C)C)cc3)cc3c4ccc5c(cc6c7ccc(C(C)C)cc7c7cc(-c8ccc(C(C)(C)C)cc8)cc5c76)c4cc2c31. The third-order valence-corrected chi connectivity index (χ3v) is 14.0. The molecule has 0 atom stereocenters. The summed E-state index contributed by atoms with van der Waals surface area (Å²) < 4.78 is 0. The fraction of sp³-hybridized carbons (Fsp3) is 0.233. The molecule has 0 saturated heterocycles. The van der Waals surface area contributed by atoms with E-state index in [9.17, 15) is 0 Å². The van der Waals surface area contributed by atoms with Gasteiger partial charge in [-0.2, -0.15) is 0 Å². The molecular formula is C60H54. The molecule has 0 radical (unpaired) electrons. The number of rotatable bonds is 4. The molecule has 60 heavy (non-hydrogen) atoms. The van der Waals surface area contributed by atoms with E-state index >= 15 is 0 Å². The second-order valence-electron chi connectivity index (χ2n) is 20.6. The molecular weight excluding hydrogens is 721 g/mol. The quantitative estimate of drug-likeness (QED) is 0.156. The molecule has 11 aromatic carbocycles. The Hall–Kier alpha value is -5.98. The molecule has 0 aliphatic carbocycles. The van der Waals surface area contributed by atoms with E-state index in [0.717, 1.165) is 0 Å². The predicted octanol–water partition coefficient (Wildman–Crippen LogP) is 18.0. The number of fused-ring (bicyclic) bond motifs is 11. The lowest BCUT2D eigenvalue weighted by molar-refractivity contribution is 0.590. The van der Waals surface area contributed by atoms with Crippen molar-refractivity contribution in [3.63, 3.8) is 0 Å². The standard InChI is InChI=1S/C60H54/c1-33(2)37-15-21-43-47(25-37)53-29-39(35-11-17-41(18-12-35)59(5,6)7)27-51-45-23-24-46-50(49(45)31-55(43)57(51)53)32-56-44-22-16-38(34(3)4)26-48(44)54-30-40(28-52(46)58(54)56)36-13-19-42(20-14-36)60(8,9)10/h11-34H,1-10H3. The van der Waals surface area contributed by atoms with Crippen molar-refractivity contribution in [3.8, 4) is 22.3 Å². The van der Waals surface area contributed by atoms with Crippen molar-refractivity contribution in [2.45, 2.75) is 91.9 Å². The molecule has 294 valence electrons. The third-order valence-electron chi connectivity index (χ3n) is 14.0. The molecule has 0 aliphatic rings. The molecule has 0 heteroatoms. The van der Waals surface area contributed by atoms with Gasteiger partial charge in [-0.15, -0.1) is 0 Å². The fourth-order valence-corrected chi connectivity index (χ4v) is 10.4. The minimum atomic E-state index is 0.106. The van der Waals surface area contributed by atoms with Gasteiger partial charge in [-0.1, -0.05) is 166 Å². The first-order valence-electron chi connectivity index (χ1n) is 22.1. The molecule has 0 amide bonds. The van der Waals surface area contributed by atoms with Gasteiger partial charge in [-0.3, -0.25) is 0 Å². The molecule has 11 aromatic rings. The van der Waals surface area contributed by atoms with Gasteiger partial charge in [-0.25, -0.2) is 0 Å². The first-order chi connectivity index (χ1) is 28.6. The van der Waals surface area contributed by atoms with E-state index in [1.807, 2.05) is 0 Å². The van der Waals surface area contributed by atoms with Crippen molar-refractivity contribution in [2.24, 2.45) is 0 Å².